The van der Waals surface area contributed by atoms with Gasteiger partial charge in [0.15, 0.2) is 0 Å². The SMILES string of the molecule is CCO[P@](=O)(C1=CCCC1)[C@H](CC(C)C)NS(=O)(=O)c1c(C(C)C)cc(C(C)C)cc1C(C)C. The van der Waals surface area contributed by atoms with Crippen LogP contribution in [0, 0.1) is 5.92 Å². The predicted molar refractivity (Wildman–Crippen MR) is 143 cm³/mol. The first kappa shape index (κ1) is 29.3. The van der Waals surface area contributed by atoms with Crippen molar-refractivity contribution >= 4 is 17.4 Å². The summed E-state index contributed by atoms with van der Waals surface area (Å²) >= 11 is 0. The molecule has 0 amide bonds. The molecule has 1 aliphatic carbocycles. The maximum absolute atomic E-state index is 14.3. The fraction of sp³-hybridized carbons (Fsp3) is 0.704. The zero-order valence-electron chi connectivity index (χ0n) is 22.6. The summed E-state index contributed by atoms with van der Waals surface area (Å²) in [5.74, 6) is -0.279. The molecule has 0 aromatic heterocycles. The van der Waals surface area contributed by atoms with Crippen LogP contribution < -0.4 is 4.72 Å². The summed E-state index contributed by atoms with van der Waals surface area (Å²) in [6.45, 7) is 18.5. The summed E-state index contributed by atoms with van der Waals surface area (Å²) in [5.41, 5.74) is 2.77. The topological polar surface area (TPSA) is 72.5 Å². The molecule has 1 aromatic rings. The average molecular weight is 512 g/mol. The van der Waals surface area contributed by atoms with E-state index in [0.717, 1.165) is 34.8 Å². The zero-order chi connectivity index (χ0) is 25.8. The molecule has 194 valence electrons. The van der Waals surface area contributed by atoms with Gasteiger partial charge in [0.2, 0.25) is 17.4 Å². The molecule has 1 N–H and O–H groups in total. The van der Waals surface area contributed by atoms with Crippen LogP contribution in [0.1, 0.15) is 122 Å². The third kappa shape index (κ3) is 6.63. The number of hydrogen-bond acceptors (Lipinski definition) is 4. The Morgan fingerprint density at radius 3 is 1.91 bits per heavy atom. The summed E-state index contributed by atoms with van der Waals surface area (Å²) < 4.78 is 51.4. The Balaban J connectivity index is 2.70. The molecule has 0 radical (unpaired) electrons. The van der Waals surface area contributed by atoms with Gasteiger partial charge in [-0.2, -0.15) is 4.72 Å². The molecular weight excluding hydrogens is 465 g/mol. The number of nitrogens with one attached hydrogen (secondary N) is 1. The lowest BCUT2D eigenvalue weighted by atomic mass is 9.89. The summed E-state index contributed by atoms with van der Waals surface area (Å²) in [4.78, 5) is 0.346. The summed E-state index contributed by atoms with van der Waals surface area (Å²) in [7, 11) is -7.34. The van der Waals surface area contributed by atoms with Gasteiger partial charge < -0.3 is 4.52 Å². The van der Waals surface area contributed by atoms with Crippen molar-refractivity contribution < 1.29 is 17.5 Å². The smallest absolute Gasteiger partial charge is 0.245 e. The number of allylic oxidation sites excluding steroid dienone is 2. The van der Waals surface area contributed by atoms with Crippen molar-refractivity contribution in [2.75, 3.05) is 6.61 Å². The van der Waals surface area contributed by atoms with E-state index in [1.54, 1.807) is 0 Å². The van der Waals surface area contributed by atoms with E-state index in [1.807, 2.05) is 66.7 Å². The number of sulfonamides is 1. The highest BCUT2D eigenvalue weighted by Gasteiger charge is 2.42. The Morgan fingerprint density at radius 1 is 0.971 bits per heavy atom. The van der Waals surface area contributed by atoms with E-state index < -0.39 is 23.2 Å². The van der Waals surface area contributed by atoms with Crippen molar-refractivity contribution in [3.8, 4) is 0 Å². The van der Waals surface area contributed by atoms with Crippen LogP contribution in [0.15, 0.2) is 28.4 Å². The molecule has 0 fully saturated rings. The van der Waals surface area contributed by atoms with E-state index in [-0.39, 0.29) is 24.4 Å². The van der Waals surface area contributed by atoms with E-state index in [2.05, 4.69) is 18.6 Å². The number of rotatable bonds is 12. The van der Waals surface area contributed by atoms with Gasteiger partial charge in [-0.05, 0) is 73.0 Å². The molecule has 0 unspecified atom stereocenters. The standard InChI is InChI=1S/C27H46NO4PS/c1-10-32-33(29,23-13-11-12-14-23)26(15-18(2)3)28-34(30,31)27-24(20(6)7)16-22(19(4)5)17-25(27)21(8)9/h13,16-21,26,28H,10-12,14-15H2,1-9H3/t26-,33-/m1/s1. The quantitative estimate of drug-likeness (QED) is 0.288. The second-order valence-corrected chi connectivity index (χ2v) is 15.2. The van der Waals surface area contributed by atoms with Crippen LogP contribution in [0.2, 0.25) is 0 Å². The lowest BCUT2D eigenvalue weighted by molar-refractivity contribution is 0.321. The van der Waals surface area contributed by atoms with Crippen molar-refractivity contribution in [3.05, 3.63) is 40.2 Å². The maximum Gasteiger partial charge on any atom is 0.245 e. The number of hydrogen-bond donors (Lipinski definition) is 1. The lowest BCUT2D eigenvalue weighted by Gasteiger charge is -2.31. The zero-order valence-corrected chi connectivity index (χ0v) is 24.4. The van der Waals surface area contributed by atoms with E-state index >= 15 is 0 Å². The number of benzene rings is 1. The van der Waals surface area contributed by atoms with Crippen molar-refractivity contribution in [2.45, 2.75) is 116 Å². The van der Waals surface area contributed by atoms with Crippen LogP contribution >= 0.6 is 7.37 Å². The fourth-order valence-corrected chi connectivity index (χ4v) is 10.1. The highest BCUT2D eigenvalue weighted by molar-refractivity contribution is 7.90. The fourth-order valence-electron chi connectivity index (χ4n) is 4.64. The minimum atomic E-state index is -3.96. The van der Waals surface area contributed by atoms with Crippen molar-refractivity contribution in [1.29, 1.82) is 0 Å². The van der Waals surface area contributed by atoms with Crippen LogP contribution in [0.4, 0.5) is 0 Å². The van der Waals surface area contributed by atoms with Crippen molar-refractivity contribution in [1.82, 2.24) is 4.72 Å². The molecular formula is C27H46NO4PS. The molecule has 2 rings (SSSR count). The Bertz CT molecular complexity index is 996. The minimum Gasteiger partial charge on any atom is -0.325 e. The van der Waals surface area contributed by atoms with Gasteiger partial charge in [-0.1, -0.05) is 73.6 Å². The Hall–Kier alpha value is -0.940. The Morgan fingerprint density at radius 2 is 1.53 bits per heavy atom. The molecule has 5 nitrogen and oxygen atoms in total. The molecule has 0 saturated heterocycles. The molecule has 0 bridgehead atoms. The lowest BCUT2D eigenvalue weighted by Crippen LogP contribution is -2.37. The van der Waals surface area contributed by atoms with E-state index in [4.69, 9.17) is 4.52 Å². The van der Waals surface area contributed by atoms with E-state index in [1.165, 1.54) is 0 Å². The second-order valence-electron chi connectivity index (χ2n) is 10.9. The van der Waals surface area contributed by atoms with Gasteiger partial charge in [0.25, 0.3) is 0 Å². The molecule has 0 aliphatic heterocycles. The first-order valence-corrected chi connectivity index (χ1v) is 16.1. The molecule has 34 heavy (non-hydrogen) atoms. The highest BCUT2D eigenvalue weighted by atomic mass is 32.2. The first-order chi connectivity index (χ1) is 15.7. The van der Waals surface area contributed by atoms with Crippen molar-refractivity contribution in [2.24, 2.45) is 5.92 Å². The minimum absolute atomic E-state index is 0.0301. The van der Waals surface area contributed by atoms with Gasteiger partial charge in [0.1, 0.15) is 5.78 Å². The van der Waals surface area contributed by atoms with Gasteiger partial charge in [-0.25, -0.2) is 8.42 Å². The van der Waals surface area contributed by atoms with Gasteiger partial charge in [0, 0.05) is 5.31 Å². The third-order valence-electron chi connectivity index (χ3n) is 6.48. The summed E-state index contributed by atoms with van der Waals surface area (Å²) in [6.07, 6.45) is 4.93. The Kier molecular flexibility index (Phi) is 10.2. The predicted octanol–water partition coefficient (Wildman–Crippen LogP) is 8.09. The second kappa shape index (κ2) is 11.9. The molecule has 1 aliphatic rings. The van der Waals surface area contributed by atoms with Gasteiger partial charge in [0.05, 0.1) is 11.5 Å². The van der Waals surface area contributed by atoms with Crippen LogP contribution in [0.5, 0.6) is 0 Å². The van der Waals surface area contributed by atoms with E-state index in [0.29, 0.717) is 23.7 Å². The molecule has 2 atom stereocenters. The van der Waals surface area contributed by atoms with Crippen molar-refractivity contribution in [3.63, 3.8) is 0 Å². The van der Waals surface area contributed by atoms with Gasteiger partial charge in [-0.15, -0.1) is 0 Å². The van der Waals surface area contributed by atoms with Crippen LogP contribution in [0.25, 0.3) is 0 Å². The van der Waals surface area contributed by atoms with Gasteiger partial charge >= 0.3 is 0 Å². The first-order valence-electron chi connectivity index (χ1n) is 12.9. The third-order valence-corrected chi connectivity index (χ3v) is 11.3. The molecule has 0 spiro atoms. The Labute approximate surface area is 208 Å². The summed E-state index contributed by atoms with van der Waals surface area (Å²) in [6, 6.07) is 4.07. The molecule has 7 heteroatoms. The molecule has 0 saturated carbocycles. The van der Waals surface area contributed by atoms with Gasteiger partial charge in [-0.3, -0.25) is 4.57 Å². The summed E-state index contributed by atoms with van der Waals surface area (Å²) in [5, 5.41) is 0.783. The average Bonchev–Trinajstić information content (AvgIpc) is 3.27. The van der Waals surface area contributed by atoms with Crippen LogP contribution in [-0.4, -0.2) is 20.8 Å². The molecule has 0 heterocycles. The highest BCUT2D eigenvalue weighted by Crippen LogP contribution is 2.63. The maximum atomic E-state index is 14.3. The normalized spacial score (nSPS) is 17.6. The molecule has 1 aromatic carbocycles. The van der Waals surface area contributed by atoms with Crippen LogP contribution in [-0.2, 0) is 19.1 Å². The monoisotopic (exact) mass is 511 g/mol. The van der Waals surface area contributed by atoms with E-state index in [9.17, 15) is 13.0 Å². The largest absolute Gasteiger partial charge is 0.325 e. The van der Waals surface area contributed by atoms with Crippen LogP contribution in [0.3, 0.4) is 0 Å².